The zero-order valence-electron chi connectivity index (χ0n) is 11.7. The van der Waals surface area contributed by atoms with E-state index in [1.165, 1.54) is 17.6 Å². The number of fused-ring (bicyclic) bond motifs is 1. The van der Waals surface area contributed by atoms with E-state index in [1.807, 2.05) is 29.8 Å². The molecule has 2 heterocycles. The SMILES string of the molecule is COc1ccc2c(c1)sc(=NC(=O)C1=COCCO1)n2C. The highest BCUT2D eigenvalue weighted by atomic mass is 32.1. The summed E-state index contributed by atoms with van der Waals surface area (Å²) in [5.41, 5.74) is 0.988. The lowest BCUT2D eigenvalue weighted by Gasteiger charge is -2.12. The Morgan fingerprint density at radius 2 is 2.29 bits per heavy atom. The van der Waals surface area contributed by atoms with Gasteiger partial charge in [0.15, 0.2) is 4.80 Å². The van der Waals surface area contributed by atoms with Crippen molar-refractivity contribution in [1.82, 2.24) is 4.57 Å². The molecule has 0 spiro atoms. The lowest BCUT2D eigenvalue weighted by atomic mass is 10.3. The number of aromatic nitrogens is 1. The minimum Gasteiger partial charge on any atom is -0.497 e. The highest BCUT2D eigenvalue weighted by Gasteiger charge is 2.15. The number of nitrogens with zero attached hydrogens (tertiary/aromatic N) is 2. The van der Waals surface area contributed by atoms with Crippen molar-refractivity contribution in [2.75, 3.05) is 20.3 Å². The van der Waals surface area contributed by atoms with Crippen molar-refractivity contribution < 1.29 is 19.0 Å². The third-order valence-corrected chi connectivity index (χ3v) is 4.17. The van der Waals surface area contributed by atoms with Gasteiger partial charge in [-0.3, -0.25) is 4.79 Å². The third kappa shape index (κ3) is 2.64. The van der Waals surface area contributed by atoms with Gasteiger partial charge in [0, 0.05) is 7.05 Å². The molecule has 1 aromatic heterocycles. The summed E-state index contributed by atoms with van der Waals surface area (Å²) >= 11 is 1.42. The van der Waals surface area contributed by atoms with Crippen LogP contribution in [-0.2, 0) is 21.3 Å². The van der Waals surface area contributed by atoms with E-state index in [9.17, 15) is 4.79 Å². The van der Waals surface area contributed by atoms with E-state index < -0.39 is 5.91 Å². The molecule has 1 aliphatic rings. The Hall–Kier alpha value is -2.28. The van der Waals surface area contributed by atoms with Crippen LogP contribution in [0.1, 0.15) is 0 Å². The van der Waals surface area contributed by atoms with Crippen LogP contribution in [0, 0.1) is 0 Å². The van der Waals surface area contributed by atoms with Crippen LogP contribution in [0.15, 0.2) is 35.2 Å². The number of ether oxygens (including phenoxy) is 3. The van der Waals surface area contributed by atoms with Gasteiger partial charge in [0.1, 0.15) is 25.2 Å². The van der Waals surface area contributed by atoms with E-state index in [0.717, 1.165) is 16.0 Å². The Bertz CT molecular complexity index is 788. The summed E-state index contributed by atoms with van der Waals surface area (Å²) in [4.78, 5) is 16.7. The fourth-order valence-electron chi connectivity index (χ4n) is 1.97. The van der Waals surface area contributed by atoms with Gasteiger partial charge in [0.2, 0.25) is 5.76 Å². The quantitative estimate of drug-likeness (QED) is 0.845. The maximum atomic E-state index is 12.0. The van der Waals surface area contributed by atoms with Crippen LogP contribution in [0.4, 0.5) is 0 Å². The summed E-state index contributed by atoms with van der Waals surface area (Å²) in [6, 6.07) is 5.73. The summed E-state index contributed by atoms with van der Waals surface area (Å²) in [5, 5.41) is 0. The van der Waals surface area contributed by atoms with E-state index in [-0.39, 0.29) is 5.76 Å². The molecule has 110 valence electrons. The van der Waals surface area contributed by atoms with Crippen molar-refractivity contribution in [1.29, 1.82) is 0 Å². The smallest absolute Gasteiger partial charge is 0.317 e. The molecule has 1 aromatic carbocycles. The normalized spacial score (nSPS) is 15.3. The first-order valence-corrected chi connectivity index (χ1v) is 7.18. The predicted octanol–water partition coefficient (Wildman–Crippen LogP) is 1.56. The monoisotopic (exact) mass is 306 g/mol. The van der Waals surface area contributed by atoms with Crippen LogP contribution in [0.2, 0.25) is 0 Å². The minimum absolute atomic E-state index is 0.135. The van der Waals surface area contributed by atoms with E-state index in [1.54, 1.807) is 7.11 Å². The second-order valence-corrected chi connectivity index (χ2v) is 5.40. The average Bonchev–Trinajstić information content (AvgIpc) is 2.83. The lowest BCUT2D eigenvalue weighted by Crippen LogP contribution is -2.18. The minimum atomic E-state index is -0.441. The van der Waals surface area contributed by atoms with Crippen molar-refractivity contribution in [2.24, 2.45) is 12.0 Å². The maximum absolute atomic E-state index is 12.0. The predicted molar refractivity (Wildman–Crippen MR) is 77.9 cm³/mol. The fraction of sp³-hybridized carbons (Fsp3) is 0.286. The number of carbonyl (C=O) groups excluding carboxylic acids is 1. The van der Waals surface area contributed by atoms with Crippen LogP contribution in [0.25, 0.3) is 10.2 Å². The molecule has 21 heavy (non-hydrogen) atoms. The highest BCUT2D eigenvalue weighted by molar-refractivity contribution is 7.16. The van der Waals surface area contributed by atoms with Crippen molar-refractivity contribution in [3.05, 3.63) is 35.0 Å². The zero-order chi connectivity index (χ0) is 14.8. The van der Waals surface area contributed by atoms with E-state index in [4.69, 9.17) is 14.2 Å². The molecule has 0 radical (unpaired) electrons. The zero-order valence-corrected chi connectivity index (χ0v) is 12.5. The highest BCUT2D eigenvalue weighted by Crippen LogP contribution is 2.22. The molecular weight excluding hydrogens is 292 g/mol. The van der Waals surface area contributed by atoms with Crippen LogP contribution < -0.4 is 9.54 Å². The van der Waals surface area contributed by atoms with Crippen molar-refractivity contribution in [3.63, 3.8) is 0 Å². The number of hydrogen-bond acceptors (Lipinski definition) is 5. The Morgan fingerprint density at radius 1 is 1.43 bits per heavy atom. The van der Waals surface area contributed by atoms with E-state index >= 15 is 0 Å². The summed E-state index contributed by atoms with van der Waals surface area (Å²) in [5.74, 6) is 0.467. The largest absolute Gasteiger partial charge is 0.497 e. The number of hydrogen-bond donors (Lipinski definition) is 0. The first-order chi connectivity index (χ1) is 10.2. The summed E-state index contributed by atoms with van der Waals surface area (Å²) in [6.07, 6.45) is 1.31. The molecular formula is C14H14N2O4S. The van der Waals surface area contributed by atoms with Crippen LogP contribution >= 0.6 is 11.3 Å². The summed E-state index contributed by atoms with van der Waals surface area (Å²) in [7, 11) is 3.49. The van der Waals surface area contributed by atoms with Crippen molar-refractivity contribution >= 4 is 27.5 Å². The van der Waals surface area contributed by atoms with Crippen LogP contribution in [-0.4, -0.2) is 30.8 Å². The number of benzene rings is 1. The molecule has 6 nitrogen and oxygen atoms in total. The molecule has 7 heteroatoms. The molecule has 0 fully saturated rings. The van der Waals surface area contributed by atoms with Gasteiger partial charge < -0.3 is 18.8 Å². The van der Waals surface area contributed by atoms with E-state index in [2.05, 4.69) is 4.99 Å². The Morgan fingerprint density at radius 3 is 3.00 bits per heavy atom. The van der Waals surface area contributed by atoms with Gasteiger partial charge in [-0.05, 0) is 18.2 Å². The van der Waals surface area contributed by atoms with Crippen molar-refractivity contribution in [2.45, 2.75) is 0 Å². The van der Waals surface area contributed by atoms with Gasteiger partial charge in [0.25, 0.3) is 0 Å². The Kier molecular flexibility index (Phi) is 3.66. The fourth-order valence-corrected chi connectivity index (χ4v) is 3.02. The van der Waals surface area contributed by atoms with Gasteiger partial charge in [-0.2, -0.15) is 4.99 Å². The molecule has 0 N–H and O–H groups in total. The van der Waals surface area contributed by atoms with Crippen molar-refractivity contribution in [3.8, 4) is 5.75 Å². The molecule has 0 atom stereocenters. The Labute approximate surface area is 124 Å². The lowest BCUT2D eigenvalue weighted by molar-refractivity contribution is -0.119. The topological polar surface area (TPSA) is 62.1 Å². The average molecular weight is 306 g/mol. The van der Waals surface area contributed by atoms with Crippen LogP contribution in [0.5, 0.6) is 5.75 Å². The number of carbonyl (C=O) groups is 1. The molecule has 1 amide bonds. The number of aryl methyl sites for hydroxylation is 1. The van der Waals surface area contributed by atoms with Gasteiger partial charge >= 0.3 is 5.91 Å². The van der Waals surface area contributed by atoms with Gasteiger partial charge in [0.05, 0.1) is 17.3 Å². The van der Waals surface area contributed by atoms with Gasteiger partial charge in [-0.1, -0.05) is 11.3 Å². The van der Waals surface area contributed by atoms with Gasteiger partial charge in [-0.15, -0.1) is 0 Å². The first-order valence-electron chi connectivity index (χ1n) is 6.36. The Balaban J connectivity index is 2.03. The molecule has 3 rings (SSSR count). The second-order valence-electron chi connectivity index (χ2n) is 4.40. The first kappa shape index (κ1) is 13.7. The summed E-state index contributed by atoms with van der Waals surface area (Å²) in [6.45, 7) is 0.816. The molecule has 0 saturated heterocycles. The maximum Gasteiger partial charge on any atom is 0.317 e. The van der Waals surface area contributed by atoms with E-state index in [0.29, 0.717) is 18.0 Å². The molecule has 1 aliphatic heterocycles. The number of amides is 1. The molecule has 0 unspecified atom stereocenters. The number of thiazole rings is 1. The molecule has 0 bridgehead atoms. The molecule has 0 saturated carbocycles. The third-order valence-electron chi connectivity index (χ3n) is 3.07. The standard InChI is InChI=1S/C14H14N2O4S/c1-16-10-4-3-9(18-2)7-12(10)21-14(16)15-13(17)11-8-19-5-6-20-11/h3-4,7-8H,5-6H2,1-2H3. The molecule has 0 aliphatic carbocycles. The summed E-state index contributed by atoms with van der Waals surface area (Å²) < 4.78 is 18.4. The number of rotatable bonds is 2. The second kappa shape index (κ2) is 5.61. The van der Waals surface area contributed by atoms with Crippen LogP contribution in [0.3, 0.4) is 0 Å². The number of methoxy groups -OCH3 is 1. The molecule has 2 aromatic rings. The van der Waals surface area contributed by atoms with Gasteiger partial charge in [-0.25, -0.2) is 0 Å².